The van der Waals surface area contributed by atoms with Crippen molar-refractivity contribution in [1.29, 1.82) is 0 Å². The summed E-state index contributed by atoms with van der Waals surface area (Å²) in [4.78, 5) is 25.3. The second-order valence-corrected chi connectivity index (χ2v) is 10.6. The van der Waals surface area contributed by atoms with Crippen molar-refractivity contribution < 1.29 is 17.6 Å². The number of rotatable bonds is 4. The Balaban J connectivity index is 1.73. The van der Waals surface area contributed by atoms with Crippen LogP contribution in [-0.4, -0.2) is 19.1 Å². The van der Waals surface area contributed by atoms with Crippen LogP contribution in [0.1, 0.15) is 42.4 Å². The van der Waals surface area contributed by atoms with Crippen LogP contribution >= 0.6 is 0 Å². The van der Waals surface area contributed by atoms with E-state index in [1.165, 1.54) is 6.07 Å². The molecular weight excluding hydrogens is 414 g/mol. The normalized spacial score (nSPS) is 15.8. The molecule has 0 atom stereocenters. The number of anilines is 1. The van der Waals surface area contributed by atoms with Crippen molar-refractivity contribution in [2.45, 2.75) is 56.1 Å². The highest BCUT2D eigenvalue weighted by Gasteiger charge is 2.53. The van der Waals surface area contributed by atoms with Gasteiger partial charge in [0.25, 0.3) is 0 Å². The molecule has 31 heavy (non-hydrogen) atoms. The zero-order valence-electron chi connectivity index (χ0n) is 17.8. The fourth-order valence-corrected chi connectivity index (χ4v) is 6.47. The summed E-state index contributed by atoms with van der Waals surface area (Å²) in [6, 6.07) is 11.4. The van der Waals surface area contributed by atoms with Crippen LogP contribution in [0.4, 0.5) is 5.69 Å². The van der Waals surface area contributed by atoms with Crippen LogP contribution in [0.15, 0.2) is 56.6 Å². The van der Waals surface area contributed by atoms with Crippen LogP contribution in [0, 0.1) is 20.8 Å². The van der Waals surface area contributed by atoms with Crippen molar-refractivity contribution in [2.75, 3.05) is 5.32 Å². The molecule has 1 amide bonds. The van der Waals surface area contributed by atoms with E-state index in [4.69, 9.17) is 4.42 Å². The number of carbonyl (C=O) groups is 1. The quantitative estimate of drug-likeness (QED) is 0.607. The molecule has 3 aromatic rings. The van der Waals surface area contributed by atoms with Crippen LogP contribution in [0.2, 0.25) is 0 Å². The van der Waals surface area contributed by atoms with E-state index in [0.717, 1.165) is 22.1 Å². The summed E-state index contributed by atoms with van der Waals surface area (Å²) in [7, 11) is -3.90. The SMILES string of the molecule is Cc1ccc(S(=O)(=O)C2(C(=O)Nc3ccc4c(C)cc(=O)oc4c3)CCCC2)cc1C. The van der Waals surface area contributed by atoms with Crippen LogP contribution in [0.25, 0.3) is 11.0 Å². The molecule has 162 valence electrons. The third-order valence-electron chi connectivity index (χ3n) is 6.34. The Bertz CT molecular complexity index is 1350. The Kier molecular flexibility index (Phi) is 5.25. The molecule has 0 unspecified atom stereocenters. The van der Waals surface area contributed by atoms with Crippen molar-refractivity contribution >= 4 is 32.4 Å². The number of amides is 1. The van der Waals surface area contributed by atoms with Crippen molar-refractivity contribution in [1.82, 2.24) is 0 Å². The summed E-state index contributed by atoms with van der Waals surface area (Å²) in [6.07, 6.45) is 1.89. The minimum absolute atomic E-state index is 0.174. The lowest BCUT2D eigenvalue weighted by molar-refractivity contribution is -0.118. The Morgan fingerprint density at radius 3 is 2.32 bits per heavy atom. The number of aryl methyl sites for hydroxylation is 3. The fraction of sp³-hybridized carbons (Fsp3) is 0.333. The molecule has 0 radical (unpaired) electrons. The summed E-state index contributed by atoms with van der Waals surface area (Å²) in [5, 5.41) is 3.54. The van der Waals surface area contributed by atoms with Gasteiger partial charge >= 0.3 is 5.63 Å². The van der Waals surface area contributed by atoms with Gasteiger partial charge in [0.1, 0.15) is 5.58 Å². The van der Waals surface area contributed by atoms with E-state index in [2.05, 4.69) is 5.32 Å². The minimum Gasteiger partial charge on any atom is -0.423 e. The summed E-state index contributed by atoms with van der Waals surface area (Å²) in [5.41, 5.74) is 2.91. The fourth-order valence-electron chi connectivity index (χ4n) is 4.32. The minimum atomic E-state index is -3.90. The van der Waals surface area contributed by atoms with Gasteiger partial charge in [-0.2, -0.15) is 0 Å². The van der Waals surface area contributed by atoms with Gasteiger partial charge in [0, 0.05) is 23.2 Å². The van der Waals surface area contributed by atoms with Crippen molar-refractivity contribution in [3.05, 3.63) is 69.6 Å². The smallest absolute Gasteiger partial charge is 0.336 e. The van der Waals surface area contributed by atoms with Crippen molar-refractivity contribution in [3.8, 4) is 0 Å². The first kappa shape index (κ1) is 21.3. The van der Waals surface area contributed by atoms with E-state index in [1.807, 2.05) is 13.8 Å². The number of carbonyl (C=O) groups excluding carboxylic acids is 1. The average Bonchev–Trinajstić information content (AvgIpc) is 3.21. The maximum atomic E-state index is 13.6. The van der Waals surface area contributed by atoms with Gasteiger partial charge in [0.05, 0.1) is 4.90 Å². The molecule has 7 heteroatoms. The van der Waals surface area contributed by atoms with Crippen LogP contribution < -0.4 is 10.9 Å². The molecule has 1 aliphatic carbocycles. The summed E-state index contributed by atoms with van der Waals surface area (Å²) in [6.45, 7) is 5.59. The first-order valence-corrected chi connectivity index (χ1v) is 11.8. The molecule has 1 saturated carbocycles. The van der Waals surface area contributed by atoms with Crippen molar-refractivity contribution in [2.24, 2.45) is 0 Å². The molecule has 1 fully saturated rings. The first-order chi connectivity index (χ1) is 14.6. The number of hydrogen-bond donors (Lipinski definition) is 1. The molecule has 6 nitrogen and oxygen atoms in total. The Labute approximate surface area is 181 Å². The summed E-state index contributed by atoms with van der Waals surface area (Å²) >= 11 is 0. The number of hydrogen-bond acceptors (Lipinski definition) is 5. The molecule has 1 N–H and O–H groups in total. The maximum absolute atomic E-state index is 13.6. The molecule has 0 spiro atoms. The number of nitrogens with one attached hydrogen (secondary N) is 1. The molecule has 0 aliphatic heterocycles. The van der Waals surface area contributed by atoms with E-state index >= 15 is 0 Å². The highest BCUT2D eigenvalue weighted by molar-refractivity contribution is 7.93. The third kappa shape index (κ3) is 3.57. The lowest BCUT2D eigenvalue weighted by Crippen LogP contribution is -2.47. The number of sulfone groups is 1. The van der Waals surface area contributed by atoms with Crippen LogP contribution in [0.3, 0.4) is 0 Å². The monoisotopic (exact) mass is 439 g/mol. The van der Waals surface area contributed by atoms with Gasteiger partial charge in [-0.1, -0.05) is 18.9 Å². The highest BCUT2D eigenvalue weighted by atomic mass is 32.2. The predicted molar refractivity (Wildman–Crippen MR) is 120 cm³/mol. The zero-order chi connectivity index (χ0) is 22.4. The van der Waals surface area contributed by atoms with E-state index in [-0.39, 0.29) is 17.7 Å². The van der Waals surface area contributed by atoms with Crippen molar-refractivity contribution in [3.63, 3.8) is 0 Å². The Hall–Kier alpha value is -2.93. The lowest BCUT2D eigenvalue weighted by Gasteiger charge is -2.28. The lowest BCUT2D eigenvalue weighted by atomic mass is 10.1. The summed E-state index contributed by atoms with van der Waals surface area (Å²) < 4.78 is 31.0. The molecular formula is C24H25NO5S. The molecule has 0 saturated heterocycles. The first-order valence-electron chi connectivity index (χ1n) is 10.3. The molecule has 2 aromatic carbocycles. The zero-order valence-corrected chi connectivity index (χ0v) is 18.6. The van der Waals surface area contributed by atoms with Gasteiger partial charge in [0.15, 0.2) is 14.6 Å². The van der Waals surface area contributed by atoms with Gasteiger partial charge in [-0.15, -0.1) is 0 Å². The largest absolute Gasteiger partial charge is 0.423 e. The molecule has 0 bridgehead atoms. The van der Waals surface area contributed by atoms with Gasteiger partial charge in [-0.3, -0.25) is 4.79 Å². The Morgan fingerprint density at radius 2 is 1.65 bits per heavy atom. The van der Waals surface area contributed by atoms with Gasteiger partial charge in [-0.05, 0) is 74.6 Å². The van der Waals surface area contributed by atoms with Gasteiger partial charge in [0.2, 0.25) is 5.91 Å². The van der Waals surface area contributed by atoms with Crippen LogP contribution in [0.5, 0.6) is 0 Å². The standard InChI is InChI=1S/C24H25NO5S/c1-15-6-8-19(12-16(15)2)31(28,29)24(10-4-5-11-24)23(27)25-18-7-9-20-17(3)13-22(26)30-21(20)14-18/h6-9,12-14H,4-5,10-11H2,1-3H3,(H,25,27). The predicted octanol–water partition coefficient (Wildman–Crippen LogP) is 4.44. The second kappa shape index (κ2) is 7.64. The van der Waals surface area contributed by atoms with E-state index < -0.39 is 26.1 Å². The second-order valence-electron chi connectivity index (χ2n) is 8.36. The highest BCUT2D eigenvalue weighted by Crippen LogP contribution is 2.42. The molecule has 1 aromatic heterocycles. The summed E-state index contributed by atoms with van der Waals surface area (Å²) in [5.74, 6) is -0.544. The average molecular weight is 440 g/mol. The number of fused-ring (bicyclic) bond motifs is 1. The third-order valence-corrected chi connectivity index (χ3v) is 8.83. The Morgan fingerprint density at radius 1 is 0.935 bits per heavy atom. The maximum Gasteiger partial charge on any atom is 0.336 e. The van der Waals surface area contributed by atoms with E-state index in [9.17, 15) is 18.0 Å². The van der Waals surface area contributed by atoms with Crippen LogP contribution in [-0.2, 0) is 14.6 Å². The number of benzene rings is 2. The van der Waals surface area contributed by atoms with E-state index in [0.29, 0.717) is 24.1 Å². The van der Waals surface area contributed by atoms with Gasteiger partial charge in [-0.25, -0.2) is 13.2 Å². The molecule has 1 aliphatic rings. The molecule has 4 rings (SSSR count). The van der Waals surface area contributed by atoms with Gasteiger partial charge < -0.3 is 9.73 Å². The van der Waals surface area contributed by atoms with E-state index in [1.54, 1.807) is 43.3 Å². The molecule has 1 heterocycles. The topological polar surface area (TPSA) is 93.5 Å².